The van der Waals surface area contributed by atoms with Crippen molar-refractivity contribution in [2.75, 3.05) is 11.4 Å². The fourth-order valence-electron chi connectivity index (χ4n) is 4.02. The van der Waals surface area contributed by atoms with Gasteiger partial charge in [-0.15, -0.1) is 0 Å². The zero-order valence-corrected chi connectivity index (χ0v) is 11.7. The van der Waals surface area contributed by atoms with Crippen LogP contribution in [0.15, 0.2) is 18.2 Å². The van der Waals surface area contributed by atoms with Crippen LogP contribution in [0.2, 0.25) is 5.02 Å². The summed E-state index contributed by atoms with van der Waals surface area (Å²) in [7, 11) is 0. The van der Waals surface area contributed by atoms with Crippen LogP contribution < -0.4 is 4.90 Å². The van der Waals surface area contributed by atoms with E-state index in [4.69, 9.17) is 11.6 Å². The summed E-state index contributed by atoms with van der Waals surface area (Å²) in [6.45, 7) is 3.52. The number of nitrogens with zero attached hydrogens (tertiary/aromatic N) is 1. The molecule has 1 nitrogen and oxygen atoms in total. The number of fused-ring (bicyclic) bond motifs is 1. The first kappa shape index (κ1) is 11.2. The molecule has 2 aliphatic carbocycles. The SMILES string of the molecule is CC1CCCN1c1cc(Cl)cc(C2CC3C[C@H]32)c1. The molecule has 0 amide bonds. The first-order chi connectivity index (χ1) is 8.72. The van der Waals surface area contributed by atoms with Gasteiger partial charge in [0, 0.05) is 23.3 Å². The number of halogens is 1. The van der Waals surface area contributed by atoms with Crippen LogP contribution in [0.25, 0.3) is 0 Å². The zero-order chi connectivity index (χ0) is 12.3. The highest BCUT2D eigenvalue weighted by Gasteiger charge is 2.53. The van der Waals surface area contributed by atoms with E-state index in [2.05, 4.69) is 30.0 Å². The minimum atomic E-state index is 0.673. The van der Waals surface area contributed by atoms with Crippen LogP contribution in [0.4, 0.5) is 5.69 Å². The van der Waals surface area contributed by atoms with Crippen molar-refractivity contribution in [1.29, 1.82) is 0 Å². The molecule has 18 heavy (non-hydrogen) atoms. The minimum Gasteiger partial charge on any atom is -0.369 e. The predicted molar refractivity (Wildman–Crippen MR) is 76.4 cm³/mol. The van der Waals surface area contributed by atoms with Gasteiger partial charge in [-0.25, -0.2) is 0 Å². The van der Waals surface area contributed by atoms with E-state index in [1.807, 2.05) is 0 Å². The van der Waals surface area contributed by atoms with Crippen molar-refractivity contribution in [1.82, 2.24) is 0 Å². The molecule has 0 spiro atoms. The van der Waals surface area contributed by atoms with E-state index in [1.54, 1.807) is 0 Å². The molecule has 0 radical (unpaired) electrons. The smallest absolute Gasteiger partial charge is 0.0429 e. The Bertz CT molecular complexity index is 484. The van der Waals surface area contributed by atoms with E-state index in [0.717, 1.165) is 22.8 Å². The fourth-order valence-corrected chi connectivity index (χ4v) is 4.25. The second-order valence-corrected chi connectivity index (χ2v) is 6.87. The Balaban J connectivity index is 1.66. The van der Waals surface area contributed by atoms with Crippen molar-refractivity contribution in [2.24, 2.45) is 11.8 Å². The van der Waals surface area contributed by atoms with Gasteiger partial charge in [0.2, 0.25) is 0 Å². The quantitative estimate of drug-likeness (QED) is 0.760. The molecule has 1 saturated heterocycles. The first-order valence-electron chi connectivity index (χ1n) is 7.29. The molecular weight excluding hydrogens is 242 g/mol. The maximum atomic E-state index is 6.34. The van der Waals surface area contributed by atoms with E-state index in [1.165, 1.54) is 43.5 Å². The Labute approximate surface area is 114 Å². The molecule has 1 aliphatic heterocycles. The predicted octanol–water partition coefficient (Wildman–Crippen LogP) is 4.45. The number of benzene rings is 1. The topological polar surface area (TPSA) is 3.24 Å². The molecule has 1 heterocycles. The maximum absolute atomic E-state index is 6.34. The molecule has 1 aromatic rings. The van der Waals surface area contributed by atoms with Gasteiger partial charge in [0.15, 0.2) is 0 Å². The number of hydrogen-bond acceptors (Lipinski definition) is 1. The lowest BCUT2D eigenvalue weighted by atomic mass is 9.80. The molecule has 0 bridgehead atoms. The van der Waals surface area contributed by atoms with Crippen molar-refractivity contribution < 1.29 is 0 Å². The molecule has 96 valence electrons. The van der Waals surface area contributed by atoms with Gasteiger partial charge in [0.25, 0.3) is 0 Å². The van der Waals surface area contributed by atoms with E-state index in [0.29, 0.717) is 6.04 Å². The van der Waals surface area contributed by atoms with Crippen molar-refractivity contribution in [3.63, 3.8) is 0 Å². The molecule has 4 rings (SSSR count). The normalized spacial score (nSPS) is 37.3. The van der Waals surface area contributed by atoms with Crippen molar-refractivity contribution in [3.8, 4) is 0 Å². The lowest BCUT2D eigenvalue weighted by molar-refractivity contribution is 0.388. The Morgan fingerprint density at radius 3 is 2.72 bits per heavy atom. The minimum absolute atomic E-state index is 0.673. The zero-order valence-electron chi connectivity index (χ0n) is 10.9. The van der Waals surface area contributed by atoms with E-state index in [9.17, 15) is 0 Å². The molecule has 4 atom stereocenters. The molecule has 1 aromatic carbocycles. The van der Waals surface area contributed by atoms with Gasteiger partial charge in [0.05, 0.1) is 0 Å². The Kier molecular flexibility index (Phi) is 2.42. The molecule has 2 saturated carbocycles. The lowest BCUT2D eigenvalue weighted by Gasteiger charge is -2.29. The lowest BCUT2D eigenvalue weighted by Crippen LogP contribution is -2.26. The molecular formula is C16H20ClN. The summed E-state index contributed by atoms with van der Waals surface area (Å²) in [4.78, 5) is 2.53. The van der Waals surface area contributed by atoms with Crippen LogP contribution in [0.3, 0.4) is 0 Å². The third kappa shape index (κ3) is 1.67. The largest absolute Gasteiger partial charge is 0.369 e. The monoisotopic (exact) mass is 261 g/mol. The average molecular weight is 262 g/mol. The van der Waals surface area contributed by atoms with Gasteiger partial charge in [0.1, 0.15) is 0 Å². The Morgan fingerprint density at radius 1 is 1.22 bits per heavy atom. The molecule has 3 fully saturated rings. The summed E-state index contributed by atoms with van der Waals surface area (Å²) in [6, 6.07) is 7.43. The number of hydrogen-bond donors (Lipinski definition) is 0. The Hall–Kier alpha value is -0.690. The van der Waals surface area contributed by atoms with E-state index < -0.39 is 0 Å². The van der Waals surface area contributed by atoms with Crippen LogP contribution in [0.5, 0.6) is 0 Å². The van der Waals surface area contributed by atoms with Crippen molar-refractivity contribution in [2.45, 2.75) is 44.6 Å². The highest BCUT2D eigenvalue weighted by molar-refractivity contribution is 6.31. The third-order valence-corrected chi connectivity index (χ3v) is 5.49. The fraction of sp³-hybridized carbons (Fsp3) is 0.625. The second kappa shape index (κ2) is 3.90. The molecule has 2 heteroatoms. The van der Waals surface area contributed by atoms with Crippen molar-refractivity contribution in [3.05, 3.63) is 28.8 Å². The standard InChI is InChI=1S/C16H20ClN/c1-10-3-2-4-18(10)14-6-11(5-13(17)9-14)15-7-12-8-16(12)15/h5-6,9-10,12,15-16H,2-4,7-8H2,1H3/t10?,12?,15?,16-/m1/s1. The van der Waals surface area contributed by atoms with Gasteiger partial charge in [-0.1, -0.05) is 11.6 Å². The summed E-state index contributed by atoms with van der Waals surface area (Å²) in [5, 5.41) is 0.922. The van der Waals surface area contributed by atoms with Gasteiger partial charge in [-0.05, 0) is 74.1 Å². The summed E-state index contributed by atoms with van der Waals surface area (Å²) >= 11 is 6.34. The van der Waals surface area contributed by atoms with E-state index in [-0.39, 0.29) is 0 Å². The molecule has 0 aromatic heterocycles. The maximum Gasteiger partial charge on any atom is 0.0429 e. The summed E-state index contributed by atoms with van der Waals surface area (Å²) in [6.07, 6.45) is 5.50. The average Bonchev–Trinajstić information content (AvgIpc) is 2.76. The first-order valence-corrected chi connectivity index (χ1v) is 7.67. The van der Waals surface area contributed by atoms with Gasteiger partial charge < -0.3 is 4.90 Å². The second-order valence-electron chi connectivity index (χ2n) is 6.43. The molecule has 3 unspecified atom stereocenters. The van der Waals surface area contributed by atoms with Crippen molar-refractivity contribution >= 4 is 17.3 Å². The number of anilines is 1. The highest BCUT2D eigenvalue weighted by Crippen LogP contribution is 2.64. The summed E-state index contributed by atoms with van der Waals surface area (Å²) < 4.78 is 0. The molecule has 0 N–H and O–H groups in total. The van der Waals surface area contributed by atoms with Crippen LogP contribution in [-0.2, 0) is 0 Å². The Morgan fingerprint density at radius 2 is 2.11 bits per heavy atom. The summed E-state index contributed by atoms with van der Waals surface area (Å²) in [5.41, 5.74) is 2.85. The summed E-state index contributed by atoms with van der Waals surface area (Å²) in [5.74, 6) is 2.86. The van der Waals surface area contributed by atoms with Crippen LogP contribution in [0, 0.1) is 11.8 Å². The molecule has 3 aliphatic rings. The highest BCUT2D eigenvalue weighted by atomic mass is 35.5. The third-order valence-electron chi connectivity index (χ3n) is 5.27. The van der Waals surface area contributed by atoms with Crippen LogP contribution in [0.1, 0.15) is 44.1 Å². The van der Waals surface area contributed by atoms with Crippen LogP contribution >= 0.6 is 11.6 Å². The van der Waals surface area contributed by atoms with Crippen LogP contribution in [-0.4, -0.2) is 12.6 Å². The van der Waals surface area contributed by atoms with Gasteiger partial charge in [-0.2, -0.15) is 0 Å². The van der Waals surface area contributed by atoms with Gasteiger partial charge in [-0.3, -0.25) is 0 Å². The van der Waals surface area contributed by atoms with Gasteiger partial charge >= 0.3 is 0 Å². The number of rotatable bonds is 2. The van der Waals surface area contributed by atoms with E-state index >= 15 is 0 Å².